The number of pyridine rings is 1. The van der Waals surface area contributed by atoms with Gasteiger partial charge >= 0.3 is 0 Å². The lowest BCUT2D eigenvalue weighted by molar-refractivity contribution is 0.181. The molecule has 1 heterocycles. The number of hydrogen-bond acceptors (Lipinski definition) is 2. The monoisotopic (exact) mass is 241 g/mol. The van der Waals surface area contributed by atoms with Gasteiger partial charge in [-0.05, 0) is 12.1 Å². The second-order valence-corrected chi connectivity index (χ2v) is 3.78. The number of hydrogen-bond donors (Lipinski definition) is 1. The van der Waals surface area contributed by atoms with Gasteiger partial charge in [0.05, 0.1) is 22.5 Å². The third-order valence-electron chi connectivity index (χ3n) is 2.24. The Balaban J connectivity index is 2.81. The van der Waals surface area contributed by atoms with Crippen LogP contribution in [0.3, 0.4) is 0 Å². The number of ether oxygens (including phenoxy) is 1. The predicted octanol–water partition coefficient (Wildman–Crippen LogP) is 2.47. The fraction of sp³-hybridized carbons (Fsp3) is 0.182. The van der Waals surface area contributed by atoms with Crippen molar-refractivity contribution in [2.45, 2.75) is 6.61 Å². The van der Waals surface area contributed by atoms with Crippen LogP contribution in [0.5, 0.6) is 0 Å². The number of aromatic amines is 1. The zero-order chi connectivity index (χ0) is 11.7. The summed E-state index contributed by atoms with van der Waals surface area (Å²) < 4.78 is 18.4. The molecule has 0 amide bonds. The molecule has 1 N–H and O–H groups in total. The largest absolute Gasteiger partial charge is 0.378 e. The summed E-state index contributed by atoms with van der Waals surface area (Å²) in [6.45, 7) is 0.219. The number of nitrogens with one attached hydrogen (secondary N) is 1. The first-order chi connectivity index (χ1) is 7.63. The van der Waals surface area contributed by atoms with Crippen LogP contribution in [0.25, 0.3) is 10.9 Å². The quantitative estimate of drug-likeness (QED) is 0.878. The summed E-state index contributed by atoms with van der Waals surface area (Å²) >= 11 is 5.85. The van der Waals surface area contributed by atoms with Crippen LogP contribution in [0.1, 0.15) is 5.69 Å². The first kappa shape index (κ1) is 11.1. The maximum Gasteiger partial charge on any atom is 0.191 e. The zero-order valence-electron chi connectivity index (χ0n) is 8.51. The number of halogens is 2. The van der Waals surface area contributed by atoms with E-state index in [2.05, 4.69) is 4.98 Å². The standard InChI is InChI=1S/C11H9ClFNO2/c1-16-5-6-4-9(15)10-7(12)2-3-8(13)11(10)14-6/h2-4H,5H2,1H3,(H,14,15). The van der Waals surface area contributed by atoms with Crippen LogP contribution in [0, 0.1) is 5.82 Å². The fourth-order valence-corrected chi connectivity index (χ4v) is 1.83. The molecule has 0 bridgehead atoms. The Labute approximate surface area is 95.8 Å². The highest BCUT2D eigenvalue weighted by Gasteiger charge is 2.09. The van der Waals surface area contributed by atoms with Gasteiger partial charge in [0, 0.05) is 18.9 Å². The molecule has 0 saturated carbocycles. The van der Waals surface area contributed by atoms with E-state index in [1.807, 2.05) is 0 Å². The highest BCUT2D eigenvalue weighted by molar-refractivity contribution is 6.35. The highest BCUT2D eigenvalue weighted by atomic mass is 35.5. The molecule has 0 saturated heterocycles. The van der Waals surface area contributed by atoms with Crippen LogP contribution in [-0.2, 0) is 11.3 Å². The Bertz CT molecular complexity index is 594. The lowest BCUT2D eigenvalue weighted by Gasteiger charge is -2.05. The van der Waals surface area contributed by atoms with Crippen LogP contribution < -0.4 is 5.43 Å². The van der Waals surface area contributed by atoms with Gasteiger partial charge in [-0.1, -0.05) is 11.6 Å². The average molecular weight is 242 g/mol. The topological polar surface area (TPSA) is 42.1 Å². The summed E-state index contributed by atoms with van der Waals surface area (Å²) in [6.07, 6.45) is 0. The van der Waals surface area contributed by atoms with Gasteiger partial charge in [0.25, 0.3) is 0 Å². The molecule has 0 atom stereocenters. The predicted molar refractivity (Wildman–Crippen MR) is 60.2 cm³/mol. The van der Waals surface area contributed by atoms with E-state index in [1.54, 1.807) is 0 Å². The lowest BCUT2D eigenvalue weighted by Crippen LogP contribution is -2.07. The van der Waals surface area contributed by atoms with Crippen LogP contribution in [-0.4, -0.2) is 12.1 Å². The highest BCUT2D eigenvalue weighted by Crippen LogP contribution is 2.21. The summed E-state index contributed by atoms with van der Waals surface area (Å²) in [5.74, 6) is -0.505. The van der Waals surface area contributed by atoms with E-state index in [0.717, 1.165) is 0 Å². The lowest BCUT2D eigenvalue weighted by atomic mass is 10.2. The molecule has 0 fully saturated rings. The Kier molecular flexibility index (Phi) is 2.94. The van der Waals surface area contributed by atoms with Gasteiger partial charge in [-0.3, -0.25) is 4.79 Å². The normalized spacial score (nSPS) is 10.9. The molecule has 0 aliphatic heterocycles. The number of benzene rings is 1. The third kappa shape index (κ3) is 1.81. The van der Waals surface area contributed by atoms with Gasteiger partial charge in [-0.25, -0.2) is 4.39 Å². The van der Waals surface area contributed by atoms with Crippen LogP contribution in [0.15, 0.2) is 23.0 Å². The van der Waals surface area contributed by atoms with Crippen LogP contribution in [0.4, 0.5) is 4.39 Å². The molecule has 1 aromatic heterocycles. The Morgan fingerprint density at radius 3 is 2.94 bits per heavy atom. The SMILES string of the molecule is COCc1cc(=O)c2c(Cl)ccc(F)c2[nH]1. The fourth-order valence-electron chi connectivity index (χ4n) is 1.58. The second-order valence-electron chi connectivity index (χ2n) is 3.37. The minimum atomic E-state index is -0.505. The summed E-state index contributed by atoms with van der Waals surface area (Å²) in [6, 6.07) is 3.94. The minimum Gasteiger partial charge on any atom is -0.378 e. The molecular formula is C11H9ClFNO2. The smallest absolute Gasteiger partial charge is 0.191 e. The zero-order valence-corrected chi connectivity index (χ0v) is 9.27. The molecule has 3 nitrogen and oxygen atoms in total. The molecule has 0 aliphatic carbocycles. The number of methoxy groups -OCH3 is 1. The van der Waals surface area contributed by atoms with Crippen molar-refractivity contribution in [2.75, 3.05) is 7.11 Å². The molecular weight excluding hydrogens is 233 g/mol. The summed E-state index contributed by atoms with van der Waals surface area (Å²) in [7, 11) is 1.50. The minimum absolute atomic E-state index is 0.118. The van der Waals surface area contributed by atoms with Gasteiger partial charge in [0.1, 0.15) is 5.82 Å². The van der Waals surface area contributed by atoms with Gasteiger partial charge in [-0.15, -0.1) is 0 Å². The first-order valence-corrected chi connectivity index (χ1v) is 5.00. The summed E-state index contributed by atoms with van der Waals surface area (Å²) in [5, 5.41) is 0.406. The van der Waals surface area contributed by atoms with Crippen molar-refractivity contribution in [3.63, 3.8) is 0 Å². The molecule has 2 aromatic rings. The average Bonchev–Trinajstić information content (AvgIpc) is 2.23. The summed E-state index contributed by atoms with van der Waals surface area (Å²) in [5.41, 5.74) is 0.318. The van der Waals surface area contributed by atoms with Crippen molar-refractivity contribution in [1.82, 2.24) is 4.98 Å². The van der Waals surface area contributed by atoms with E-state index in [-0.39, 0.29) is 28.0 Å². The molecule has 0 spiro atoms. The van der Waals surface area contributed by atoms with E-state index in [1.165, 1.54) is 25.3 Å². The molecule has 84 valence electrons. The van der Waals surface area contributed by atoms with Gasteiger partial charge in [0.15, 0.2) is 5.43 Å². The van der Waals surface area contributed by atoms with Crippen molar-refractivity contribution in [2.24, 2.45) is 0 Å². The molecule has 0 unspecified atom stereocenters. The number of rotatable bonds is 2. The van der Waals surface area contributed by atoms with Gasteiger partial charge < -0.3 is 9.72 Å². The molecule has 0 radical (unpaired) electrons. The van der Waals surface area contributed by atoms with Crippen molar-refractivity contribution in [1.29, 1.82) is 0 Å². The van der Waals surface area contributed by atoms with E-state index >= 15 is 0 Å². The Morgan fingerprint density at radius 2 is 2.25 bits per heavy atom. The van der Waals surface area contributed by atoms with E-state index in [9.17, 15) is 9.18 Å². The van der Waals surface area contributed by atoms with E-state index in [4.69, 9.17) is 16.3 Å². The van der Waals surface area contributed by atoms with Gasteiger partial charge in [-0.2, -0.15) is 0 Å². The van der Waals surface area contributed by atoms with Crippen molar-refractivity contribution >= 4 is 22.5 Å². The van der Waals surface area contributed by atoms with E-state index < -0.39 is 5.82 Å². The molecule has 2 rings (SSSR count). The van der Waals surface area contributed by atoms with Gasteiger partial charge in [0.2, 0.25) is 0 Å². The van der Waals surface area contributed by atoms with Crippen LogP contribution >= 0.6 is 11.6 Å². The van der Waals surface area contributed by atoms with Crippen LogP contribution in [0.2, 0.25) is 5.02 Å². The first-order valence-electron chi connectivity index (χ1n) is 4.62. The number of H-pyrrole nitrogens is 1. The maximum absolute atomic E-state index is 13.5. The van der Waals surface area contributed by atoms with Crippen molar-refractivity contribution < 1.29 is 9.13 Å². The van der Waals surface area contributed by atoms with Crippen molar-refractivity contribution in [3.8, 4) is 0 Å². The molecule has 1 aromatic carbocycles. The molecule has 0 aliphatic rings. The van der Waals surface area contributed by atoms with Crippen molar-refractivity contribution in [3.05, 3.63) is 45.0 Å². The molecule has 16 heavy (non-hydrogen) atoms. The number of aromatic nitrogens is 1. The third-order valence-corrected chi connectivity index (χ3v) is 2.56. The maximum atomic E-state index is 13.5. The Hall–Kier alpha value is -1.39. The summed E-state index contributed by atoms with van der Waals surface area (Å²) in [4.78, 5) is 14.5. The number of fused-ring (bicyclic) bond motifs is 1. The molecule has 5 heteroatoms. The second kappa shape index (κ2) is 4.23. The Morgan fingerprint density at radius 1 is 1.50 bits per heavy atom. The van der Waals surface area contributed by atoms with E-state index in [0.29, 0.717) is 5.69 Å².